The largest absolute Gasteiger partial charge is 0.361 e. The Labute approximate surface area is 110 Å². The van der Waals surface area contributed by atoms with Crippen molar-refractivity contribution in [1.29, 1.82) is 0 Å². The van der Waals surface area contributed by atoms with E-state index in [1.807, 2.05) is 12.3 Å². The fraction of sp³-hybridized carbons (Fsp3) is 0.500. The average Bonchev–Trinajstić information content (AvgIpc) is 2.62. The highest BCUT2D eigenvalue weighted by Crippen LogP contribution is 2.18. The summed E-state index contributed by atoms with van der Waals surface area (Å²) in [5, 5.41) is 1.21. The van der Waals surface area contributed by atoms with Crippen molar-refractivity contribution in [2.75, 3.05) is 6.61 Å². The fourth-order valence-corrected chi connectivity index (χ4v) is 2.69. The smallest absolute Gasteiger partial charge is 0.141 e. The van der Waals surface area contributed by atoms with Gasteiger partial charge in [0.05, 0.1) is 0 Å². The number of aryl methyl sites for hydroxylation is 1. The molecule has 0 unspecified atom stereocenters. The van der Waals surface area contributed by atoms with Crippen molar-refractivity contribution in [1.82, 2.24) is 9.55 Å². The van der Waals surface area contributed by atoms with Crippen molar-refractivity contribution in [3.63, 3.8) is 0 Å². The Bertz CT molecular complexity index is 528. The number of aromatic nitrogens is 2. The van der Waals surface area contributed by atoms with E-state index in [1.165, 1.54) is 17.0 Å². The molecule has 0 N–H and O–H groups in total. The zero-order chi connectivity index (χ0) is 13.2. The van der Waals surface area contributed by atoms with Crippen LogP contribution in [0, 0.1) is 6.92 Å². The number of fused-ring (bicyclic) bond motifs is 1. The minimum absolute atomic E-state index is 0.603. The summed E-state index contributed by atoms with van der Waals surface area (Å²) < 4.78 is 7.87. The molecule has 18 heavy (non-hydrogen) atoms. The van der Waals surface area contributed by atoms with Crippen molar-refractivity contribution in [3.8, 4) is 0 Å². The molecule has 0 aliphatic rings. The van der Waals surface area contributed by atoms with Crippen LogP contribution in [-0.2, 0) is 11.5 Å². The number of ether oxygens (including phenoxy) is 1. The number of hydrogen-bond acceptors (Lipinski definition) is 2. The van der Waals surface area contributed by atoms with E-state index in [9.17, 15) is 0 Å². The molecule has 2 rings (SSSR count). The molecule has 2 aromatic rings. The molecule has 0 aliphatic carbocycles. The first kappa shape index (κ1) is 13.3. The summed E-state index contributed by atoms with van der Waals surface area (Å²) in [6, 6.07) is 5.29. The van der Waals surface area contributed by atoms with Crippen LogP contribution in [0.1, 0.15) is 5.56 Å². The van der Waals surface area contributed by atoms with Gasteiger partial charge in [0.1, 0.15) is 12.4 Å². The number of hydrogen-bond donors (Lipinski definition) is 0. The fourth-order valence-electron chi connectivity index (χ4n) is 1.94. The van der Waals surface area contributed by atoms with Crippen molar-refractivity contribution in [2.24, 2.45) is 0 Å². The van der Waals surface area contributed by atoms with Crippen LogP contribution in [0.15, 0.2) is 24.5 Å². The summed E-state index contributed by atoms with van der Waals surface area (Å²) in [4.78, 5) is 4.42. The zero-order valence-corrected chi connectivity index (χ0v) is 12.7. The highest BCUT2D eigenvalue weighted by atomic mass is 28.3. The van der Waals surface area contributed by atoms with Crippen LogP contribution in [0.2, 0.25) is 25.7 Å². The number of nitrogens with zero attached hydrogens (tertiary/aromatic N) is 2. The van der Waals surface area contributed by atoms with Gasteiger partial charge in [-0.3, -0.25) is 0 Å². The van der Waals surface area contributed by atoms with Crippen LogP contribution in [0.25, 0.3) is 11.0 Å². The van der Waals surface area contributed by atoms with Gasteiger partial charge in [0.25, 0.3) is 0 Å². The molecule has 2 aromatic heterocycles. The molecule has 0 aromatic carbocycles. The molecular formula is C14H22N2OSi. The van der Waals surface area contributed by atoms with Gasteiger partial charge in [0, 0.05) is 32.5 Å². The van der Waals surface area contributed by atoms with Gasteiger partial charge in [-0.2, -0.15) is 0 Å². The molecule has 0 bridgehead atoms. The number of pyridine rings is 1. The third kappa shape index (κ3) is 3.20. The average molecular weight is 262 g/mol. The predicted molar refractivity (Wildman–Crippen MR) is 78.6 cm³/mol. The summed E-state index contributed by atoms with van der Waals surface area (Å²) >= 11 is 0. The lowest BCUT2D eigenvalue weighted by Crippen LogP contribution is -2.22. The molecule has 0 fully saturated rings. The van der Waals surface area contributed by atoms with Crippen LogP contribution in [0.3, 0.4) is 0 Å². The van der Waals surface area contributed by atoms with Crippen molar-refractivity contribution in [2.45, 2.75) is 39.3 Å². The van der Waals surface area contributed by atoms with E-state index in [2.05, 4.69) is 48.4 Å². The quantitative estimate of drug-likeness (QED) is 0.607. The lowest BCUT2D eigenvalue weighted by molar-refractivity contribution is 0.0898. The molecule has 3 nitrogen and oxygen atoms in total. The van der Waals surface area contributed by atoms with Crippen LogP contribution < -0.4 is 0 Å². The van der Waals surface area contributed by atoms with Gasteiger partial charge >= 0.3 is 0 Å². The molecule has 0 saturated carbocycles. The normalized spacial score (nSPS) is 12.2. The molecule has 0 aliphatic heterocycles. The summed E-state index contributed by atoms with van der Waals surface area (Å²) in [6.45, 7) is 10.7. The maximum absolute atomic E-state index is 5.77. The second-order valence-electron chi connectivity index (χ2n) is 6.00. The number of rotatable bonds is 5. The topological polar surface area (TPSA) is 27.1 Å². The standard InChI is InChI=1S/C14H22N2OSi/c1-12-10-16(11-17-8-9-18(2,3)4)14-13(12)6-5-7-15-14/h5-7,10H,8-9,11H2,1-4H3. The Hall–Kier alpha value is -1.13. The molecule has 0 amide bonds. The van der Waals surface area contributed by atoms with Crippen LogP contribution in [0.5, 0.6) is 0 Å². The minimum atomic E-state index is -0.994. The van der Waals surface area contributed by atoms with Gasteiger partial charge in [-0.05, 0) is 30.7 Å². The molecule has 0 spiro atoms. The molecule has 4 heteroatoms. The van der Waals surface area contributed by atoms with Crippen molar-refractivity contribution in [3.05, 3.63) is 30.1 Å². The Kier molecular flexibility index (Phi) is 3.87. The van der Waals surface area contributed by atoms with Crippen LogP contribution in [-0.4, -0.2) is 24.2 Å². The van der Waals surface area contributed by atoms with E-state index < -0.39 is 8.07 Å². The van der Waals surface area contributed by atoms with Crippen molar-refractivity contribution < 1.29 is 4.74 Å². The summed E-state index contributed by atoms with van der Waals surface area (Å²) in [7, 11) is -0.994. The summed E-state index contributed by atoms with van der Waals surface area (Å²) in [5.41, 5.74) is 2.27. The van der Waals surface area contributed by atoms with E-state index in [4.69, 9.17) is 4.74 Å². The molecule has 98 valence electrons. The first-order valence-electron chi connectivity index (χ1n) is 6.45. The maximum Gasteiger partial charge on any atom is 0.141 e. The van der Waals surface area contributed by atoms with E-state index in [-0.39, 0.29) is 0 Å². The van der Waals surface area contributed by atoms with E-state index >= 15 is 0 Å². The van der Waals surface area contributed by atoms with Gasteiger partial charge in [-0.1, -0.05) is 19.6 Å². The zero-order valence-electron chi connectivity index (χ0n) is 11.7. The Morgan fingerprint density at radius 2 is 2.11 bits per heavy atom. The first-order valence-corrected chi connectivity index (χ1v) is 10.2. The van der Waals surface area contributed by atoms with E-state index in [1.54, 1.807) is 0 Å². The van der Waals surface area contributed by atoms with E-state index in [0.29, 0.717) is 6.73 Å². The Morgan fingerprint density at radius 1 is 1.33 bits per heavy atom. The van der Waals surface area contributed by atoms with E-state index in [0.717, 1.165) is 12.3 Å². The highest BCUT2D eigenvalue weighted by Gasteiger charge is 2.12. The van der Waals surface area contributed by atoms with Crippen LogP contribution >= 0.6 is 0 Å². The SMILES string of the molecule is Cc1cn(COCC[Si](C)(C)C)c2ncccc12. The molecule has 0 atom stereocenters. The second kappa shape index (κ2) is 5.24. The van der Waals surface area contributed by atoms with Gasteiger partial charge < -0.3 is 9.30 Å². The highest BCUT2D eigenvalue weighted by molar-refractivity contribution is 6.76. The summed E-state index contributed by atoms with van der Waals surface area (Å²) in [5.74, 6) is 0. The first-order chi connectivity index (χ1) is 8.47. The minimum Gasteiger partial charge on any atom is -0.361 e. The third-order valence-electron chi connectivity index (χ3n) is 3.06. The van der Waals surface area contributed by atoms with Gasteiger partial charge in [0.15, 0.2) is 0 Å². The maximum atomic E-state index is 5.77. The second-order valence-corrected chi connectivity index (χ2v) is 11.6. The molecule has 2 heterocycles. The monoisotopic (exact) mass is 262 g/mol. The molecular weight excluding hydrogens is 240 g/mol. The van der Waals surface area contributed by atoms with Gasteiger partial charge in [0.2, 0.25) is 0 Å². The lowest BCUT2D eigenvalue weighted by atomic mass is 10.2. The third-order valence-corrected chi connectivity index (χ3v) is 4.76. The van der Waals surface area contributed by atoms with Gasteiger partial charge in [-0.15, -0.1) is 0 Å². The molecule has 0 radical (unpaired) electrons. The Balaban J connectivity index is 2.00. The molecule has 0 saturated heterocycles. The van der Waals surface area contributed by atoms with Crippen LogP contribution in [0.4, 0.5) is 0 Å². The van der Waals surface area contributed by atoms with Crippen molar-refractivity contribution >= 4 is 19.1 Å². The predicted octanol–water partition coefficient (Wildman–Crippen LogP) is 3.66. The Morgan fingerprint density at radius 3 is 2.83 bits per heavy atom. The lowest BCUT2D eigenvalue weighted by Gasteiger charge is -2.15. The summed E-state index contributed by atoms with van der Waals surface area (Å²) in [6.07, 6.45) is 3.95. The van der Waals surface area contributed by atoms with Gasteiger partial charge in [-0.25, -0.2) is 4.98 Å².